The fourth-order valence-corrected chi connectivity index (χ4v) is 3.93. The Morgan fingerprint density at radius 2 is 1.77 bits per heavy atom. The lowest BCUT2D eigenvalue weighted by Gasteiger charge is -2.26. The average Bonchev–Trinajstić information content (AvgIpc) is 3.16. The normalized spacial score (nSPS) is 12.1. The molecule has 0 unspecified atom stereocenters. The van der Waals surface area contributed by atoms with E-state index < -0.39 is 0 Å². The second-order valence-electron chi connectivity index (χ2n) is 7.91. The van der Waals surface area contributed by atoms with Crippen molar-refractivity contribution in [1.29, 1.82) is 0 Å². The smallest absolute Gasteiger partial charge is 0.252 e. The van der Waals surface area contributed by atoms with Crippen molar-refractivity contribution in [3.63, 3.8) is 0 Å². The minimum Gasteiger partial charge on any atom is -0.304 e. The summed E-state index contributed by atoms with van der Waals surface area (Å²) in [6.07, 6.45) is 0.712. The second kappa shape index (κ2) is 8.68. The van der Waals surface area contributed by atoms with Crippen LogP contribution < -0.4 is 4.90 Å². The van der Waals surface area contributed by atoms with Crippen molar-refractivity contribution in [2.24, 2.45) is 0 Å². The van der Waals surface area contributed by atoms with Crippen molar-refractivity contribution in [3.05, 3.63) is 89.0 Å². The summed E-state index contributed by atoms with van der Waals surface area (Å²) in [5, 5.41) is 4.63. The second-order valence-corrected chi connectivity index (χ2v) is 7.91. The Balaban J connectivity index is 1.74. The summed E-state index contributed by atoms with van der Waals surface area (Å²) in [5.41, 5.74) is 4.82. The van der Waals surface area contributed by atoms with Crippen molar-refractivity contribution in [3.8, 4) is 0 Å². The molecule has 4 aromatic rings. The first-order valence-corrected chi connectivity index (χ1v) is 10.6. The molecule has 0 fully saturated rings. The number of carbonyl (C=O) groups excluding carboxylic acids is 1. The lowest BCUT2D eigenvalue weighted by Crippen LogP contribution is -2.35. The molecule has 0 saturated carbocycles. The Kier molecular flexibility index (Phi) is 5.80. The molecule has 2 aromatic carbocycles. The first kappa shape index (κ1) is 20.7. The molecule has 4 rings (SSSR count). The molecule has 0 spiro atoms. The maximum Gasteiger partial charge on any atom is 0.252 e. The topological polar surface area (TPSA) is 63.4 Å². The lowest BCUT2D eigenvalue weighted by atomic mass is 9.94. The van der Waals surface area contributed by atoms with Gasteiger partial charge in [-0.3, -0.25) is 4.79 Å². The molecule has 1 atom stereocenters. The van der Waals surface area contributed by atoms with Gasteiger partial charge in [-0.15, -0.1) is 5.10 Å². The standard InChI is InChI=1S/C25H27N5O/c1-5-22(20-11-7-6-8-12-20)24(31)29(21-13-9-10-17(2)14-21)16-23-27-25-26-18(3)15-19(4)30(25)28-23/h6-15,22H,5,16H2,1-4H3/t22-/m0/s1. The Morgan fingerprint density at radius 3 is 2.48 bits per heavy atom. The summed E-state index contributed by atoms with van der Waals surface area (Å²) in [6, 6.07) is 19.9. The van der Waals surface area contributed by atoms with Gasteiger partial charge in [-0.25, -0.2) is 9.50 Å². The Labute approximate surface area is 182 Å². The van der Waals surface area contributed by atoms with Crippen LogP contribution in [0, 0.1) is 20.8 Å². The molecule has 0 aliphatic carbocycles. The highest BCUT2D eigenvalue weighted by Gasteiger charge is 2.27. The summed E-state index contributed by atoms with van der Waals surface area (Å²) in [5.74, 6) is 0.929. The van der Waals surface area contributed by atoms with Crippen LogP contribution in [0.3, 0.4) is 0 Å². The minimum absolute atomic E-state index is 0.0408. The van der Waals surface area contributed by atoms with Crippen LogP contribution in [0.4, 0.5) is 5.69 Å². The molecule has 2 aromatic heterocycles. The molecule has 2 heterocycles. The van der Waals surface area contributed by atoms with Crippen LogP contribution in [0.25, 0.3) is 5.78 Å². The summed E-state index contributed by atoms with van der Waals surface area (Å²) in [7, 11) is 0. The largest absolute Gasteiger partial charge is 0.304 e. The predicted octanol–water partition coefficient (Wildman–Crippen LogP) is 4.78. The Bertz CT molecular complexity index is 1220. The van der Waals surface area contributed by atoms with Gasteiger partial charge in [0.25, 0.3) is 5.78 Å². The molecular weight excluding hydrogens is 386 g/mol. The van der Waals surface area contributed by atoms with Crippen molar-refractivity contribution >= 4 is 17.4 Å². The molecule has 31 heavy (non-hydrogen) atoms. The van der Waals surface area contributed by atoms with E-state index in [9.17, 15) is 4.79 Å². The van der Waals surface area contributed by atoms with E-state index in [1.165, 1.54) is 0 Å². The number of rotatable bonds is 6. The van der Waals surface area contributed by atoms with Crippen LogP contribution in [0.15, 0.2) is 60.7 Å². The minimum atomic E-state index is -0.235. The quantitative estimate of drug-likeness (QED) is 0.456. The SMILES string of the molecule is CC[C@H](C(=O)N(Cc1nc2nc(C)cc(C)n2n1)c1cccc(C)c1)c1ccccc1. The first-order chi connectivity index (χ1) is 15.0. The molecule has 0 aliphatic rings. The third kappa shape index (κ3) is 4.33. The number of hydrogen-bond donors (Lipinski definition) is 0. The fourth-order valence-electron chi connectivity index (χ4n) is 3.93. The van der Waals surface area contributed by atoms with E-state index >= 15 is 0 Å². The van der Waals surface area contributed by atoms with Crippen LogP contribution in [0.5, 0.6) is 0 Å². The molecule has 158 valence electrons. The fraction of sp³-hybridized carbons (Fsp3) is 0.280. The molecule has 0 bridgehead atoms. The van der Waals surface area contributed by atoms with Gasteiger partial charge in [0.2, 0.25) is 5.91 Å². The maximum absolute atomic E-state index is 13.8. The first-order valence-electron chi connectivity index (χ1n) is 10.6. The number of anilines is 1. The number of aryl methyl sites for hydroxylation is 3. The van der Waals surface area contributed by atoms with Gasteiger partial charge in [-0.2, -0.15) is 4.98 Å². The monoisotopic (exact) mass is 413 g/mol. The number of fused-ring (bicyclic) bond motifs is 1. The van der Waals surface area contributed by atoms with Gasteiger partial charge in [-0.1, -0.05) is 49.4 Å². The molecule has 0 aliphatic heterocycles. The Morgan fingerprint density at radius 1 is 1.00 bits per heavy atom. The summed E-state index contributed by atoms with van der Waals surface area (Å²) < 4.78 is 1.73. The van der Waals surface area contributed by atoms with Gasteiger partial charge >= 0.3 is 0 Å². The third-order valence-electron chi connectivity index (χ3n) is 5.45. The molecule has 0 N–H and O–H groups in total. The van der Waals surface area contributed by atoms with E-state index in [0.29, 0.717) is 18.0 Å². The molecule has 1 amide bonds. The summed E-state index contributed by atoms with van der Waals surface area (Å²) in [6.45, 7) is 8.28. The van der Waals surface area contributed by atoms with E-state index in [4.69, 9.17) is 0 Å². The predicted molar refractivity (Wildman–Crippen MR) is 122 cm³/mol. The molecule has 6 nitrogen and oxygen atoms in total. The van der Waals surface area contributed by atoms with Crippen LogP contribution >= 0.6 is 0 Å². The van der Waals surface area contributed by atoms with E-state index in [1.54, 1.807) is 9.42 Å². The highest BCUT2D eigenvalue weighted by atomic mass is 16.2. The van der Waals surface area contributed by atoms with Crippen molar-refractivity contribution < 1.29 is 4.79 Å². The van der Waals surface area contributed by atoms with Crippen LogP contribution in [-0.4, -0.2) is 25.5 Å². The molecule has 6 heteroatoms. The van der Waals surface area contributed by atoms with E-state index in [1.807, 2.05) is 88.4 Å². The van der Waals surface area contributed by atoms with E-state index in [2.05, 4.69) is 15.1 Å². The number of benzene rings is 2. The van der Waals surface area contributed by atoms with Crippen molar-refractivity contribution in [2.75, 3.05) is 4.90 Å². The van der Waals surface area contributed by atoms with Gasteiger partial charge in [0.15, 0.2) is 5.82 Å². The lowest BCUT2D eigenvalue weighted by molar-refractivity contribution is -0.120. The van der Waals surface area contributed by atoms with Crippen molar-refractivity contribution in [2.45, 2.75) is 46.6 Å². The van der Waals surface area contributed by atoms with Gasteiger partial charge in [0.1, 0.15) is 0 Å². The number of hydrogen-bond acceptors (Lipinski definition) is 4. The number of nitrogens with zero attached hydrogens (tertiary/aromatic N) is 5. The molecule has 0 radical (unpaired) electrons. The van der Waals surface area contributed by atoms with E-state index in [-0.39, 0.29) is 18.4 Å². The molecular formula is C25H27N5O. The highest BCUT2D eigenvalue weighted by molar-refractivity contribution is 5.98. The number of carbonyl (C=O) groups is 1. The van der Waals surface area contributed by atoms with Crippen LogP contribution in [-0.2, 0) is 11.3 Å². The van der Waals surface area contributed by atoms with Crippen LogP contribution in [0.1, 0.15) is 47.6 Å². The van der Waals surface area contributed by atoms with Crippen molar-refractivity contribution in [1.82, 2.24) is 19.6 Å². The summed E-state index contributed by atoms with van der Waals surface area (Å²) in [4.78, 5) is 24.7. The highest BCUT2D eigenvalue weighted by Crippen LogP contribution is 2.27. The summed E-state index contributed by atoms with van der Waals surface area (Å²) >= 11 is 0. The molecule has 0 saturated heterocycles. The van der Waals surface area contributed by atoms with Gasteiger partial charge < -0.3 is 4.90 Å². The average molecular weight is 414 g/mol. The zero-order valence-corrected chi connectivity index (χ0v) is 18.4. The van der Waals surface area contributed by atoms with Gasteiger partial charge in [-0.05, 0) is 56.5 Å². The zero-order chi connectivity index (χ0) is 22.0. The Hall–Kier alpha value is -3.54. The van der Waals surface area contributed by atoms with Gasteiger partial charge in [0.05, 0.1) is 12.5 Å². The zero-order valence-electron chi connectivity index (χ0n) is 18.4. The van der Waals surface area contributed by atoms with Crippen LogP contribution in [0.2, 0.25) is 0 Å². The van der Waals surface area contributed by atoms with Gasteiger partial charge in [0, 0.05) is 17.1 Å². The number of aromatic nitrogens is 4. The number of amides is 1. The maximum atomic E-state index is 13.8. The third-order valence-corrected chi connectivity index (χ3v) is 5.45. The van der Waals surface area contributed by atoms with E-state index in [0.717, 1.165) is 28.2 Å².